The number of likely N-dealkylation sites (N-methyl/N-ethyl adjacent to an activating group) is 1. The second-order valence-corrected chi connectivity index (χ2v) is 9.13. The number of benzene rings is 2. The molecule has 0 aliphatic rings. The molecule has 0 spiro atoms. The largest absolute Gasteiger partial charge is 0.507 e. The molecule has 0 saturated carbocycles. The van der Waals surface area contributed by atoms with Crippen LogP contribution >= 0.6 is 67.8 Å². The van der Waals surface area contributed by atoms with E-state index in [0.29, 0.717) is 21.3 Å². The Bertz CT molecular complexity index is 769. The topological polar surface area (TPSA) is 49.8 Å². The van der Waals surface area contributed by atoms with Gasteiger partial charge in [0.05, 0.1) is 10.7 Å². The lowest BCUT2D eigenvalue weighted by Crippen LogP contribution is -2.28. The molecule has 0 bridgehead atoms. The predicted molar refractivity (Wildman–Crippen MR) is 129 cm³/mol. The monoisotopic (exact) mass is 691 g/mol. The van der Waals surface area contributed by atoms with Crippen LogP contribution < -0.4 is 4.74 Å². The van der Waals surface area contributed by atoms with Crippen molar-refractivity contribution in [2.24, 2.45) is 0 Å². The zero-order chi connectivity index (χ0) is 19.3. The fourth-order valence-electron chi connectivity index (χ4n) is 2.46. The number of halogens is 3. The lowest BCUT2D eigenvalue weighted by Gasteiger charge is -2.19. The van der Waals surface area contributed by atoms with Crippen LogP contribution in [-0.4, -0.2) is 42.0 Å². The molecule has 2 aromatic carbocycles. The van der Waals surface area contributed by atoms with E-state index >= 15 is 0 Å². The van der Waals surface area contributed by atoms with Crippen molar-refractivity contribution in [1.29, 1.82) is 0 Å². The van der Waals surface area contributed by atoms with Gasteiger partial charge in [-0.3, -0.25) is 4.79 Å². The van der Waals surface area contributed by atoms with Crippen molar-refractivity contribution < 1.29 is 14.6 Å². The minimum Gasteiger partial charge on any atom is -0.507 e. The molecule has 0 unspecified atom stereocenters. The van der Waals surface area contributed by atoms with Crippen molar-refractivity contribution in [2.75, 3.05) is 26.2 Å². The lowest BCUT2D eigenvalue weighted by molar-refractivity contribution is 0.103. The molecule has 0 heterocycles. The molecule has 0 atom stereocenters. The maximum atomic E-state index is 12.8. The Morgan fingerprint density at radius 3 is 2.12 bits per heavy atom. The number of carbonyl (C=O) groups excluding carboxylic acids is 1. The van der Waals surface area contributed by atoms with E-state index < -0.39 is 0 Å². The van der Waals surface area contributed by atoms with Gasteiger partial charge in [-0.2, -0.15) is 0 Å². The van der Waals surface area contributed by atoms with Gasteiger partial charge in [0.1, 0.15) is 18.1 Å². The summed E-state index contributed by atoms with van der Waals surface area (Å²) in [4.78, 5) is 15.1. The number of nitrogens with zero attached hydrogens (tertiary/aromatic N) is 1. The van der Waals surface area contributed by atoms with Gasteiger partial charge in [-0.15, -0.1) is 0 Å². The summed E-state index contributed by atoms with van der Waals surface area (Å²) in [5.74, 6) is 0.951. The van der Waals surface area contributed by atoms with E-state index in [2.05, 4.69) is 63.9 Å². The van der Waals surface area contributed by atoms with E-state index in [1.165, 1.54) is 0 Å². The number of hydrogen-bond acceptors (Lipinski definition) is 4. The first-order valence-corrected chi connectivity index (χ1v) is 11.5. The smallest absolute Gasteiger partial charge is 0.193 e. The lowest BCUT2D eigenvalue weighted by atomic mass is 10.0. The molecule has 140 valence electrons. The predicted octanol–water partition coefficient (Wildman–Crippen LogP) is 5.16. The van der Waals surface area contributed by atoms with Gasteiger partial charge in [0.15, 0.2) is 5.78 Å². The Morgan fingerprint density at radius 1 is 1.00 bits per heavy atom. The van der Waals surface area contributed by atoms with Crippen molar-refractivity contribution in [2.45, 2.75) is 13.8 Å². The maximum absolute atomic E-state index is 12.8. The third kappa shape index (κ3) is 5.68. The molecule has 0 aliphatic carbocycles. The molecule has 2 rings (SSSR count). The zero-order valence-electron chi connectivity index (χ0n) is 14.6. The molecular weight excluding hydrogens is 671 g/mol. The van der Waals surface area contributed by atoms with Crippen molar-refractivity contribution in [3.63, 3.8) is 0 Å². The van der Waals surface area contributed by atoms with E-state index in [-0.39, 0.29) is 11.5 Å². The van der Waals surface area contributed by atoms with Gasteiger partial charge in [0, 0.05) is 17.7 Å². The third-order valence-electron chi connectivity index (χ3n) is 4.02. The Morgan fingerprint density at radius 2 is 1.58 bits per heavy atom. The highest BCUT2D eigenvalue weighted by Gasteiger charge is 2.16. The molecule has 4 nitrogen and oxygen atoms in total. The fourth-order valence-corrected chi connectivity index (χ4v) is 5.06. The Labute approximate surface area is 195 Å². The molecule has 0 fully saturated rings. The SMILES string of the molecule is CCN(CC)CCOc1c(I)cc(C(=O)c2ccc(O)c(I)c2)cc1I. The van der Waals surface area contributed by atoms with E-state index in [1.54, 1.807) is 18.2 Å². The summed E-state index contributed by atoms with van der Waals surface area (Å²) < 4.78 is 8.48. The molecule has 26 heavy (non-hydrogen) atoms. The summed E-state index contributed by atoms with van der Waals surface area (Å²) in [5, 5.41) is 9.64. The third-order valence-corrected chi connectivity index (χ3v) is 6.49. The number of ether oxygens (including phenoxy) is 1. The van der Waals surface area contributed by atoms with Crippen LogP contribution in [0.2, 0.25) is 0 Å². The number of aromatic hydroxyl groups is 1. The second-order valence-electron chi connectivity index (χ2n) is 5.64. The van der Waals surface area contributed by atoms with Crippen LogP contribution in [0.1, 0.15) is 29.8 Å². The van der Waals surface area contributed by atoms with E-state index in [9.17, 15) is 9.90 Å². The normalized spacial score (nSPS) is 11.0. The Balaban J connectivity index is 2.17. The van der Waals surface area contributed by atoms with Gasteiger partial charge in [-0.25, -0.2) is 0 Å². The molecule has 0 aliphatic heterocycles. The number of phenolic OH excluding ortho intramolecular Hbond substituents is 1. The summed E-state index contributed by atoms with van der Waals surface area (Å²) in [5.41, 5.74) is 1.19. The number of phenols is 1. The molecule has 2 aromatic rings. The molecule has 0 saturated heterocycles. The van der Waals surface area contributed by atoms with Crippen molar-refractivity contribution >= 4 is 73.6 Å². The molecule has 1 N–H and O–H groups in total. The first-order valence-electron chi connectivity index (χ1n) is 8.24. The fraction of sp³-hybridized carbons (Fsp3) is 0.316. The van der Waals surface area contributed by atoms with Crippen LogP contribution in [-0.2, 0) is 0 Å². The average molecular weight is 691 g/mol. The average Bonchev–Trinajstić information content (AvgIpc) is 2.62. The Kier molecular flexibility index (Phi) is 8.88. The summed E-state index contributed by atoms with van der Waals surface area (Å²) in [6, 6.07) is 8.62. The van der Waals surface area contributed by atoms with Gasteiger partial charge in [-0.1, -0.05) is 13.8 Å². The summed E-state index contributed by atoms with van der Waals surface area (Å²) >= 11 is 6.45. The molecule has 7 heteroatoms. The molecule has 0 amide bonds. The summed E-state index contributed by atoms with van der Waals surface area (Å²) in [7, 11) is 0. The summed E-state index contributed by atoms with van der Waals surface area (Å²) in [6.07, 6.45) is 0. The molecule has 0 aromatic heterocycles. The first-order chi connectivity index (χ1) is 12.4. The number of carbonyl (C=O) groups is 1. The number of hydrogen-bond donors (Lipinski definition) is 1. The van der Waals surface area contributed by atoms with Gasteiger partial charge in [0.2, 0.25) is 0 Å². The minimum absolute atomic E-state index is 0.0616. The van der Waals surface area contributed by atoms with Crippen LogP contribution in [0.3, 0.4) is 0 Å². The highest BCUT2D eigenvalue weighted by atomic mass is 127. The summed E-state index contributed by atoms with van der Waals surface area (Å²) in [6.45, 7) is 7.80. The van der Waals surface area contributed by atoms with E-state index in [1.807, 2.05) is 34.7 Å². The number of ketones is 1. The molecular formula is C19H20I3NO3. The van der Waals surface area contributed by atoms with Gasteiger partial charge >= 0.3 is 0 Å². The van der Waals surface area contributed by atoms with Crippen molar-refractivity contribution in [3.05, 3.63) is 52.2 Å². The number of rotatable bonds is 8. The minimum atomic E-state index is -0.0616. The highest BCUT2D eigenvalue weighted by molar-refractivity contribution is 14.1. The van der Waals surface area contributed by atoms with E-state index in [4.69, 9.17) is 4.74 Å². The van der Waals surface area contributed by atoms with Gasteiger partial charge in [-0.05, 0) is 111 Å². The quantitative estimate of drug-likeness (QED) is 0.308. The van der Waals surface area contributed by atoms with E-state index in [0.717, 1.165) is 32.5 Å². The van der Waals surface area contributed by atoms with Crippen LogP contribution in [0, 0.1) is 10.7 Å². The molecule has 0 radical (unpaired) electrons. The van der Waals surface area contributed by atoms with Crippen LogP contribution in [0.25, 0.3) is 0 Å². The standard InChI is InChI=1S/C19H20I3NO3/c1-3-23(4-2)7-8-26-19-15(21)10-13(11-16(19)22)18(25)12-5-6-17(24)14(20)9-12/h5-6,9-11,24H,3-4,7-8H2,1-2H3. The van der Waals surface area contributed by atoms with Gasteiger partial charge < -0.3 is 14.7 Å². The Hall–Kier alpha value is -0.140. The zero-order valence-corrected chi connectivity index (χ0v) is 21.0. The first kappa shape index (κ1) is 22.2. The van der Waals surface area contributed by atoms with Gasteiger partial charge in [0.25, 0.3) is 0 Å². The second kappa shape index (κ2) is 10.4. The highest BCUT2D eigenvalue weighted by Crippen LogP contribution is 2.30. The van der Waals surface area contributed by atoms with Crippen LogP contribution in [0.5, 0.6) is 11.5 Å². The van der Waals surface area contributed by atoms with Crippen LogP contribution in [0.4, 0.5) is 0 Å². The van der Waals surface area contributed by atoms with Crippen molar-refractivity contribution in [3.8, 4) is 11.5 Å². The maximum Gasteiger partial charge on any atom is 0.193 e. The van der Waals surface area contributed by atoms with Crippen LogP contribution in [0.15, 0.2) is 30.3 Å². The van der Waals surface area contributed by atoms with Crippen molar-refractivity contribution in [1.82, 2.24) is 4.90 Å².